The predicted molar refractivity (Wildman–Crippen MR) is 88.4 cm³/mol. The summed E-state index contributed by atoms with van der Waals surface area (Å²) >= 11 is 1.58. The number of hydrogen-bond acceptors (Lipinski definition) is 5. The molecular formula is C16H18FN5OS. The standard InChI is InChI=1S/C16H18FN5OS/c1-10-21-13(9-24-10)8-22-7-12(17)3-14(22)6-20-16(23)15-2-11(4-18)5-19-15/h2,5,9,12,14,19H,3,6-8H2,1H3,(H,20,23)/t12-,14-/m0/s1. The molecule has 0 radical (unpaired) electrons. The Morgan fingerprint density at radius 1 is 1.67 bits per heavy atom. The zero-order valence-corrected chi connectivity index (χ0v) is 14.1. The van der Waals surface area contributed by atoms with Gasteiger partial charge in [0.15, 0.2) is 0 Å². The van der Waals surface area contributed by atoms with Crippen LogP contribution in [-0.2, 0) is 6.54 Å². The van der Waals surface area contributed by atoms with Crippen molar-refractivity contribution in [2.75, 3.05) is 13.1 Å². The van der Waals surface area contributed by atoms with Gasteiger partial charge in [-0.2, -0.15) is 5.26 Å². The Kier molecular flexibility index (Phi) is 4.92. The van der Waals surface area contributed by atoms with Crippen LogP contribution in [0.5, 0.6) is 0 Å². The van der Waals surface area contributed by atoms with E-state index in [1.807, 2.05) is 23.3 Å². The first kappa shape index (κ1) is 16.6. The third kappa shape index (κ3) is 3.80. The fourth-order valence-electron chi connectivity index (χ4n) is 2.91. The number of carbonyl (C=O) groups excluding carboxylic acids is 1. The molecule has 126 valence electrons. The van der Waals surface area contributed by atoms with Crippen molar-refractivity contribution in [1.29, 1.82) is 5.26 Å². The van der Waals surface area contributed by atoms with Crippen molar-refractivity contribution >= 4 is 17.2 Å². The van der Waals surface area contributed by atoms with Crippen LogP contribution in [-0.4, -0.2) is 46.1 Å². The smallest absolute Gasteiger partial charge is 0.267 e. The number of thiazole rings is 1. The van der Waals surface area contributed by atoms with Gasteiger partial charge in [0.05, 0.1) is 16.3 Å². The van der Waals surface area contributed by atoms with Gasteiger partial charge < -0.3 is 10.3 Å². The van der Waals surface area contributed by atoms with Crippen LogP contribution < -0.4 is 5.32 Å². The lowest BCUT2D eigenvalue weighted by Crippen LogP contribution is -2.40. The molecule has 2 aromatic rings. The van der Waals surface area contributed by atoms with Crippen LogP contribution in [0.4, 0.5) is 4.39 Å². The number of carbonyl (C=O) groups is 1. The van der Waals surface area contributed by atoms with Crippen molar-refractivity contribution in [3.05, 3.63) is 39.6 Å². The zero-order chi connectivity index (χ0) is 17.1. The molecule has 0 unspecified atom stereocenters. The van der Waals surface area contributed by atoms with E-state index >= 15 is 0 Å². The SMILES string of the molecule is Cc1nc(CN2C[C@@H](F)C[C@H]2CNC(=O)c2cc(C#N)c[nH]2)cs1. The van der Waals surface area contributed by atoms with Gasteiger partial charge in [-0.1, -0.05) is 0 Å². The van der Waals surface area contributed by atoms with E-state index in [1.54, 1.807) is 11.3 Å². The molecule has 2 atom stereocenters. The van der Waals surface area contributed by atoms with Crippen LogP contribution >= 0.6 is 11.3 Å². The van der Waals surface area contributed by atoms with Crippen molar-refractivity contribution in [3.8, 4) is 6.07 Å². The Hall–Kier alpha value is -2.24. The maximum Gasteiger partial charge on any atom is 0.267 e. The number of aromatic nitrogens is 2. The summed E-state index contributed by atoms with van der Waals surface area (Å²) in [5.41, 5.74) is 1.68. The number of aryl methyl sites for hydroxylation is 1. The normalized spacial score (nSPS) is 20.9. The first-order valence-electron chi connectivity index (χ1n) is 7.71. The van der Waals surface area contributed by atoms with Crippen LogP contribution in [0, 0.1) is 18.3 Å². The molecule has 1 aliphatic rings. The highest BCUT2D eigenvalue weighted by Gasteiger charge is 2.32. The van der Waals surface area contributed by atoms with E-state index < -0.39 is 6.17 Å². The van der Waals surface area contributed by atoms with Crippen LogP contribution in [0.1, 0.15) is 33.2 Å². The van der Waals surface area contributed by atoms with Crippen LogP contribution in [0.2, 0.25) is 0 Å². The molecule has 1 fully saturated rings. The molecule has 1 saturated heterocycles. The number of nitrogens with one attached hydrogen (secondary N) is 2. The lowest BCUT2D eigenvalue weighted by Gasteiger charge is -2.23. The van der Waals surface area contributed by atoms with E-state index in [4.69, 9.17) is 5.26 Å². The number of rotatable bonds is 5. The van der Waals surface area contributed by atoms with Gasteiger partial charge in [-0.25, -0.2) is 9.37 Å². The van der Waals surface area contributed by atoms with E-state index in [0.717, 1.165) is 10.7 Å². The highest BCUT2D eigenvalue weighted by atomic mass is 32.1. The molecule has 1 aliphatic heterocycles. The summed E-state index contributed by atoms with van der Waals surface area (Å²) in [7, 11) is 0. The first-order valence-corrected chi connectivity index (χ1v) is 8.59. The van der Waals surface area contributed by atoms with E-state index in [-0.39, 0.29) is 11.9 Å². The monoisotopic (exact) mass is 347 g/mol. The van der Waals surface area contributed by atoms with Gasteiger partial charge in [-0.15, -0.1) is 11.3 Å². The molecule has 2 N–H and O–H groups in total. The molecular weight excluding hydrogens is 329 g/mol. The molecule has 3 rings (SSSR count). The third-order valence-electron chi connectivity index (χ3n) is 4.06. The van der Waals surface area contributed by atoms with E-state index in [1.165, 1.54) is 12.3 Å². The molecule has 0 aliphatic carbocycles. The van der Waals surface area contributed by atoms with Crippen molar-refractivity contribution in [1.82, 2.24) is 20.2 Å². The average molecular weight is 347 g/mol. The number of aromatic amines is 1. The zero-order valence-electron chi connectivity index (χ0n) is 13.3. The fourth-order valence-corrected chi connectivity index (χ4v) is 3.52. The number of nitriles is 1. The van der Waals surface area contributed by atoms with E-state index in [0.29, 0.717) is 37.3 Å². The summed E-state index contributed by atoms with van der Waals surface area (Å²) < 4.78 is 13.8. The molecule has 8 heteroatoms. The van der Waals surface area contributed by atoms with Gasteiger partial charge in [0, 0.05) is 37.3 Å². The Balaban J connectivity index is 1.58. The Morgan fingerprint density at radius 3 is 3.17 bits per heavy atom. The number of halogens is 1. The Labute approximate surface area is 143 Å². The second-order valence-corrected chi connectivity index (χ2v) is 6.96. The van der Waals surface area contributed by atoms with Crippen LogP contribution in [0.3, 0.4) is 0 Å². The number of alkyl halides is 1. The average Bonchev–Trinajstić information content (AvgIpc) is 3.26. The van der Waals surface area contributed by atoms with Crippen LogP contribution in [0.15, 0.2) is 17.6 Å². The fraction of sp³-hybridized carbons (Fsp3) is 0.438. The number of H-pyrrole nitrogens is 1. The van der Waals surface area contributed by atoms with Crippen molar-refractivity contribution in [3.63, 3.8) is 0 Å². The van der Waals surface area contributed by atoms with Gasteiger partial charge in [0.2, 0.25) is 0 Å². The molecule has 24 heavy (non-hydrogen) atoms. The second-order valence-electron chi connectivity index (χ2n) is 5.90. The predicted octanol–water partition coefficient (Wildman–Crippen LogP) is 1.99. The van der Waals surface area contributed by atoms with Crippen molar-refractivity contribution < 1.29 is 9.18 Å². The van der Waals surface area contributed by atoms with Gasteiger partial charge in [-0.05, 0) is 19.4 Å². The largest absolute Gasteiger partial charge is 0.356 e. The lowest BCUT2D eigenvalue weighted by atomic mass is 10.2. The Bertz CT molecular complexity index is 765. The van der Waals surface area contributed by atoms with Crippen molar-refractivity contribution in [2.45, 2.75) is 32.1 Å². The molecule has 0 saturated carbocycles. The molecule has 3 heterocycles. The molecule has 0 spiro atoms. The molecule has 0 aromatic carbocycles. The summed E-state index contributed by atoms with van der Waals surface area (Å²) in [5, 5.41) is 14.6. The number of hydrogen-bond donors (Lipinski definition) is 2. The van der Waals surface area contributed by atoms with Gasteiger partial charge >= 0.3 is 0 Å². The molecule has 0 bridgehead atoms. The minimum Gasteiger partial charge on any atom is -0.356 e. The quantitative estimate of drug-likeness (QED) is 0.866. The lowest BCUT2D eigenvalue weighted by molar-refractivity contribution is 0.0935. The number of nitrogens with zero attached hydrogens (tertiary/aromatic N) is 3. The summed E-state index contributed by atoms with van der Waals surface area (Å²) in [6.45, 7) is 3.26. The second kappa shape index (κ2) is 7.11. The van der Waals surface area contributed by atoms with Gasteiger partial charge in [-0.3, -0.25) is 9.69 Å². The van der Waals surface area contributed by atoms with Crippen LogP contribution in [0.25, 0.3) is 0 Å². The summed E-state index contributed by atoms with van der Waals surface area (Å²) in [6.07, 6.45) is 0.999. The highest BCUT2D eigenvalue weighted by molar-refractivity contribution is 7.09. The van der Waals surface area contributed by atoms with E-state index in [9.17, 15) is 9.18 Å². The third-order valence-corrected chi connectivity index (χ3v) is 4.89. The molecule has 2 aromatic heterocycles. The van der Waals surface area contributed by atoms with Gasteiger partial charge in [0.25, 0.3) is 5.91 Å². The Morgan fingerprint density at radius 2 is 2.50 bits per heavy atom. The maximum atomic E-state index is 13.8. The maximum absolute atomic E-state index is 13.8. The number of amides is 1. The summed E-state index contributed by atoms with van der Waals surface area (Å²) in [4.78, 5) is 21.3. The van der Waals surface area contributed by atoms with Gasteiger partial charge in [0.1, 0.15) is 17.9 Å². The number of likely N-dealkylation sites (tertiary alicyclic amines) is 1. The van der Waals surface area contributed by atoms with E-state index in [2.05, 4.69) is 15.3 Å². The minimum absolute atomic E-state index is 0.0589. The summed E-state index contributed by atoms with van der Waals surface area (Å²) in [6, 6.07) is 3.41. The molecule has 6 nitrogen and oxygen atoms in total. The van der Waals surface area contributed by atoms with Crippen molar-refractivity contribution in [2.24, 2.45) is 0 Å². The minimum atomic E-state index is -0.887. The summed E-state index contributed by atoms with van der Waals surface area (Å²) in [5.74, 6) is -0.289. The first-order chi connectivity index (χ1) is 11.5. The topological polar surface area (TPSA) is 84.8 Å². The molecule has 1 amide bonds. The highest BCUT2D eigenvalue weighted by Crippen LogP contribution is 2.23.